The van der Waals surface area contributed by atoms with E-state index < -0.39 is 115 Å². The predicted molar refractivity (Wildman–Crippen MR) is 188 cm³/mol. The standard InChI is InChI=1S/C33H53N9O13/c1-16(36-30(52)23-9-6-12-42(23)33(55)19-7-4-10-34-19)26(48)38-21(15-44)28(50)40-25(18(3)45)31(53)39-20(14-43)27(49)37-17(2)32(54)41-11-5-8-22(41)29(51)35-13-24(46)47/h16-23,25,34,43-45H,4-15H2,1-3H3,(H,35,51)(H,36,52)(H,37,49)(H,38,48)(H,39,53)(H,40,50)(H,46,47). The highest BCUT2D eigenvalue weighted by Crippen LogP contribution is 2.21. The highest BCUT2D eigenvalue weighted by Gasteiger charge is 2.40. The minimum atomic E-state index is -1.77. The number of hydrogen-bond acceptors (Lipinski definition) is 13. The fraction of sp³-hybridized carbons (Fsp3) is 0.727. The highest BCUT2D eigenvalue weighted by atomic mass is 16.4. The second-order valence-electron chi connectivity index (χ2n) is 13.8. The van der Waals surface area contributed by atoms with Crippen molar-refractivity contribution in [2.45, 2.75) is 114 Å². The van der Waals surface area contributed by atoms with Gasteiger partial charge in [0.25, 0.3) is 0 Å². The van der Waals surface area contributed by atoms with Gasteiger partial charge >= 0.3 is 5.97 Å². The molecule has 0 aromatic heterocycles. The average molecular weight is 784 g/mol. The Morgan fingerprint density at radius 3 is 1.78 bits per heavy atom. The van der Waals surface area contributed by atoms with Crippen LogP contribution in [0, 0.1) is 0 Å². The molecule has 8 amide bonds. The van der Waals surface area contributed by atoms with E-state index in [2.05, 4.69) is 37.2 Å². The van der Waals surface area contributed by atoms with Crippen LogP contribution < -0.4 is 37.2 Å². The molecule has 0 radical (unpaired) electrons. The number of aliphatic hydroxyl groups is 3. The number of carboxylic acids is 1. The third-order valence-electron chi connectivity index (χ3n) is 9.62. The Balaban J connectivity index is 1.54. The molecule has 3 rings (SSSR count). The summed E-state index contributed by atoms with van der Waals surface area (Å²) < 4.78 is 0. The fourth-order valence-electron chi connectivity index (χ4n) is 6.59. The molecule has 3 fully saturated rings. The molecule has 0 aliphatic carbocycles. The molecule has 3 aliphatic rings. The van der Waals surface area contributed by atoms with Crippen molar-refractivity contribution in [2.24, 2.45) is 0 Å². The molecule has 22 heteroatoms. The number of carbonyl (C=O) groups is 9. The van der Waals surface area contributed by atoms with Crippen LogP contribution in [0.2, 0.25) is 0 Å². The topological polar surface area (TPSA) is 325 Å². The van der Waals surface area contributed by atoms with E-state index in [-0.39, 0.29) is 24.9 Å². The number of carboxylic acid groups (broad SMARTS) is 1. The first-order valence-corrected chi connectivity index (χ1v) is 18.3. The molecule has 55 heavy (non-hydrogen) atoms. The second kappa shape index (κ2) is 20.7. The lowest BCUT2D eigenvalue weighted by Gasteiger charge is -2.29. The SMILES string of the molecule is CC(NC(=O)C1CCCN1C(=O)C1CCCN1)C(=O)NC(CO)C(=O)NC(C(=O)NC(CO)C(=O)NC(C)C(=O)N1CCCC1C(=O)NCC(=O)O)C(C)O. The van der Waals surface area contributed by atoms with Crippen LogP contribution in [0.4, 0.5) is 0 Å². The van der Waals surface area contributed by atoms with Gasteiger partial charge < -0.3 is 67.4 Å². The first-order valence-electron chi connectivity index (χ1n) is 18.3. The highest BCUT2D eigenvalue weighted by molar-refractivity contribution is 5.98. The minimum absolute atomic E-state index is 0.156. The lowest BCUT2D eigenvalue weighted by Crippen LogP contribution is -2.62. The summed E-state index contributed by atoms with van der Waals surface area (Å²) in [6.07, 6.45) is 1.60. The normalized spacial score (nSPS) is 22.6. The van der Waals surface area contributed by atoms with Crippen LogP contribution in [0.5, 0.6) is 0 Å². The molecule has 3 aliphatic heterocycles. The van der Waals surface area contributed by atoms with Crippen molar-refractivity contribution in [3.8, 4) is 0 Å². The van der Waals surface area contributed by atoms with Crippen LogP contribution in [0.3, 0.4) is 0 Å². The Labute approximate surface area is 316 Å². The molecule has 0 spiro atoms. The van der Waals surface area contributed by atoms with Crippen LogP contribution in [0.1, 0.15) is 59.3 Å². The molecule has 11 N–H and O–H groups in total. The first-order chi connectivity index (χ1) is 26.0. The Morgan fingerprint density at radius 2 is 1.24 bits per heavy atom. The van der Waals surface area contributed by atoms with E-state index in [4.69, 9.17) is 5.11 Å². The van der Waals surface area contributed by atoms with Gasteiger partial charge in [0.15, 0.2) is 0 Å². The maximum Gasteiger partial charge on any atom is 0.322 e. The zero-order valence-electron chi connectivity index (χ0n) is 31.0. The van der Waals surface area contributed by atoms with Crippen molar-refractivity contribution >= 4 is 53.2 Å². The summed E-state index contributed by atoms with van der Waals surface area (Å²) >= 11 is 0. The molecule has 0 aromatic carbocycles. The summed E-state index contributed by atoms with van der Waals surface area (Å²) in [5, 5.41) is 55.7. The zero-order valence-corrected chi connectivity index (χ0v) is 31.0. The van der Waals surface area contributed by atoms with Crippen molar-refractivity contribution in [2.75, 3.05) is 39.4 Å². The van der Waals surface area contributed by atoms with E-state index >= 15 is 0 Å². The molecular weight excluding hydrogens is 730 g/mol. The Hall–Kier alpha value is -4.93. The maximum atomic E-state index is 13.1. The molecule has 9 unspecified atom stereocenters. The quantitative estimate of drug-likeness (QED) is 0.0617. The van der Waals surface area contributed by atoms with Crippen molar-refractivity contribution in [1.82, 2.24) is 47.0 Å². The van der Waals surface area contributed by atoms with Gasteiger partial charge in [-0.2, -0.15) is 0 Å². The van der Waals surface area contributed by atoms with Gasteiger partial charge in [0.1, 0.15) is 48.8 Å². The van der Waals surface area contributed by atoms with Crippen LogP contribution in [-0.2, 0) is 43.2 Å². The summed E-state index contributed by atoms with van der Waals surface area (Å²) in [4.78, 5) is 117. The van der Waals surface area contributed by atoms with E-state index in [1.54, 1.807) is 0 Å². The third kappa shape index (κ3) is 12.0. The summed E-state index contributed by atoms with van der Waals surface area (Å²) in [6, 6.07) is -9.72. The van der Waals surface area contributed by atoms with E-state index in [9.17, 15) is 58.5 Å². The summed E-state index contributed by atoms with van der Waals surface area (Å²) in [7, 11) is 0. The molecule has 3 saturated heterocycles. The summed E-state index contributed by atoms with van der Waals surface area (Å²) in [5.41, 5.74) is 0. The van der Waals surface area contributed by atoms with E-state index in [0.717, 1.165) is 13.3 Å². The molecule has 308 valence electrons. The molecular formula is C33H53N9O13. The number of nitrogens with zero attached hydrogens (tertiary/aromatic N) is 2. The second-order valence-corrected chi connectivity index (χ2v) is 13.8. The van der Waals surface area contributed by atoms with Crippen LogP contribution >= 0.6 is 0 Å². The lowest BCUT2D eigenvalue weighted by atomic mass is 10.1. The van der Waals surface area contributed by atoms with Crippen molar-refractivity contribution in [1.29, 1.82) is 0 Å². The number of aliphatic carboxylic acids is 1. The van der Waals surface area contributed by atoms with Gasteiger partial charge in [-0.05, 0) is 65.8 Å². The van der Waals surface area contributed by atoms with E-state index in [1.807, 2.05) is 0 Å². The average Bonchev–Trinajstić information content (AvgIpc) is 3.95. The first kappa shape index (κ1) is 44.5. The van der Waals surface area contributed by atoms with Crippen molar-refractivity contribution < 1.29 is 63.6 Å². The summed E-state index contributed by atoms with van der Waals surface area (Å²) in [6.45, 7) is 2.43. The van der Waals surface area contributed by atoms with Gasteiger partial charge in [-0.3, -0.25) is 43.2 Å². The molecule has 9 atom stereocenters. The van der Waals surface area contributed by atoms with Gasteiger partial charge in [0.05, 0.1) is 25.4 Å². The van der Waals surface area contributed by atoms with Gasteiger partial charge in [-0.1, -0.05) is 0 Å². The van der Waals surface area contributed by atoms with Gasteiger partial charge in [0, 0.05) is 13.1 Å². The molecule has 0 saturated carbocycles. The van der Waals surface area contributed by atoms with E-state index in [1.165, 1.54) is 23.6 Å². The fourth-order valence-corrected chi connectivity index (χ4v) is 6.59. The molecule has 0 bridgehead atoms. The van der Waals surface area contributed by atoms with Crippen molar-refractivity contribution in [3.63, 3.8) is 0 Å². The van der Waals surface area contributed by atoms with Crippen LogP contribution in [0.25, 0.3) is 0 Å². The largest absolute Gasteiger partial charge is 0.480 e. The van der Waals surface area contributed by atoms with Gasteiger partial charge in [-0.15, -0.1) is 0 Å². The predicted octanol–water partition coefficient (Wildman–Crippen LogP) is -6.25. The minimum Gasteiger partial charge on any atom is -0.480 e. The van der Waals surface area contributed by atoms with Crippen LogP contribution in [-0.4, -0.2) is 177 Å². The van der Waals surface area contributed by atoms with Crippen LogP contribution in [0.15, 0.2) is 0 Å². The number of rotatable bonds is 18. The molecule has 3 heterocycles. The number of aliphatic hydroxyl groups excluding tert-OH is 3. The number of carbonyl (C=O) groups excluding carboxylic acids is 8. The van der Waals surface area contributed by atoms with Gasteiger partial charge in [0.2, 0.25) is 47.3 Å². The Kier molecular flexibility index (Phi) is 16.7. The Bertz CT molecular complexity index is 1460. The monoisotopic (exact) mass is 783 g/mol. The summed E-state index contributed by atoms with van der Waals surface area (Å²) in [5.74, 6) is -7.58. The number of likely N-dealkylation sites (tertiary alicyclic amines) is 2. The Morgan fingerprint density at radius 1 is 0.673 bits per heavy atom. The molecule has 22 nitrogen and oxygen atoms in total. The lowest BCUT2D eigenvalue weighted by molar-refractivity contribution is -0.143. The smallest absolute Gasteiger partial charge is 0.322 e. The maximum absolute atomic E-state index is 13.1. The zero-order chi connectivity index (χ0) is 41.0. The number of nitrogens with one attached hydrogen (secondary N) is 7. The third-order valence-corrected chi connectivity index (χ3v) is 9.62. The number of amides is 8. The number of hydrogen-bond donors (Lipinski definition) is 11. The van der Waals surface area contributed by atoms with Gasteiger partial charge in [-0.25, -0.2) is 0 Å². The van der Waals surface area contributed by atoms with Crippen molar-refractivity contribution in [3.05, 3.63) is 0 Å². The molecule has 0 aromatic rings. The van der Waals surface area contributed by atoms with E-state index in [0.29, 0.717) is 38.8 Å².